The fourth-order valence-electron chi connectivity index (χ4n) is 4.65. The van der Waals surface area contributed by atoms with Gasteiger partial charge in [0.25, 0.3) is 5.91 Å². The highest BCUT2D eigenvalue weighted by Crippen LogP contribution is 2.37. The Balaban J connectivity index is 1.43. The van der Waals surface area contributed by atoms with Gasteiger partial charge in [0.15, 0.2) is 17.1 Å². The molecule has 1 fully saturated rings. The van der Waals surface area contributed by atoms with E-state index in [0.29, 0.717) is 48.0 Å². The smallest absolute Gasteiger partial charge is 0.255 e. The van der Waals surface area contributed by atoms with Crippen molar-refractivity contribution in [3.63, 3.8) is 0 Å². The van der Waals surface area contributed by atoms with E-state index in [9.17, 15) is 9.90 Å². The number of fused-ring (bicyclic) bond motifs is 2. The van der Waals surface area contributed by atoms with E-state index < -0.39 is 0 Å². The Hall–Kier alpha value is -4.11. The van der Waals surface area contributed by atoms with Gasteiger partial charge in [-0.3, -0.25) is 9.89 Å². The van der Waals surface area contributed by atoms with Crippen LogP contribution in [0.5, 0.6) is 17.2 Å². The summed E-state index contributed by atoms with van der Waals surface area (Å²) in [4.78, 5) is 20.6. The molecule has 6 rings (SSSR count). The summed E-state index contributed by atoms with van der Waals surface area (Å²) in [7, 11) is 0. The van der Waals surface area contributed by atoms with Crippen molar-refractivity contribution in [3.05, 3.63) is 65.4 Å². The summed E-state index contributed by atoms with van der Waals surface area (Å²) >= 11 is 0. The average Bonchev–Trinajstić information content (AvgIpc) is 3.49. The molecular weight excluding hydrogens is 434 g/mol. The van der Waals surface area contributed by atoms with Crippen LogP contribution in [-0.2, 0) is 0 Å². The molecule has 2 aromatic heterocycles. The molecule has 1 amide bonds. The van der Waals surface area contributed by atoms with Crippen LogP contribution in [0.15, 0.2) is 48.5 Å². The Bertz CT molecular complexity index is 1400. The van der Waals surface area contributed by atoms with E-state index in [1.54, 1.807) is 24.3 Å². The zero-order valence-electron chi connectivity index (χ0n) is 18.5. The van der Waals surface area contributed by atoms with Crippen LogP contribution in [0.25, 0.3) is 22.3 Å². The van der Waals surface area contributed by atoms with Crippen molar-refractivity contribution in [3.8, 4) is 28.5 Å². The maximum Gasteiger partial charge on any atom is 0.255 e. The van der Waals surface area contributed by atoms with Gasteiger partial charge in [-0.2, -0.15) is 5.10 Å². The molecule has 9 nitrogen and oxygen atoms in total. The zero-order valence-corrected chi connectivity index (χ0v) is 18.5. The first-order valence-electron chi connectivity index (χ1n) is 11.1. The number of nitrogens with zero attached hydrogens (tertiary/aromatic N) is 3. The van der Waals surface area contributed by atoms with Gasteiger partial charge >= 0.3 is 0 Å². The van der Waals surface area contributed by atoms with Gasteiger partial charge in [0.05, 0.1) is 28.4 Å². The Labute approximate surface area is 195 Å². The quantitative estimate of drug-likeness (QED) is 0.433. The van der Waals surface area contributed by atoms with E-state index in [0.717, 1.165) is 22.2 Å². The number of amides is 1. The Morgan fingerprint density at radius 2 is 1.94 bits per heavy atom. The molecule has 0 aliphatic carbocycles. The SMILES string of the molecule is Cc1n[nH]c2nc(-c3ccc(O)cc3)cc(C(=O)N3CCNCC3c3ccc4c(c3)OCO4)c12. The number of aromatic nitrogens is 3. The zero-order chi connectivity index (χ0) is 23.2. The number of hydrogen-bond donors (Lipinski definition) is 3. The summed E-state index contributed by atoms with van der Waals surface area (Å²) in [5.74, 6) is 1.50. The van der Waals surface area contributed by atoms with Gasteiger partial charge in [0.2, 0.25) is 6.79 Å². The van der Waals surface area contributed by atoms with Crippen molar-refractivity contribution >= 4 is 16.9 Å². The standard InChI is InChI=1S/C25H23N5O4/c1-14-23-18(11-19(27-24(23)29-28-14)15-2-5-17(31)6-3-15)25(32)30-9-8-26-12-20(30)16-4-7-21-22(10-16)34-13-33-21/h2-7,10-11,20,26,31H,8-9,12-13H2,1H3,(H,27,28,29). The number of piperazine rings is 1. The molecule has 3 N–H and O–H groups in total. The number of aryl methyl sites for hydroxylation is 1. The predicted octanol–water partition coefficient (Wildman–Crippen LogP) is 3.15. The summed E-state index contributed by atoms with van der Waals surface area (Å²) in [5, 5.41) is 21.1. The van der Waals surface area contributed by atoms with E-state index in [4.69, 9.17) is 9.47 Å². The summed E-state index contributed by atoms with van der Waals surface area (Å²) in [6, 6.07) is 14.2. The van der Waals surface area contributed by atoms with Crippen LogP contribution in [0.4, 0.5) is 0 Å². The topological polar surface area (TPSA) is 113 Å². The molecule has 172 valence electrons. The van der Waals surface area contributed by atoms with E-state index >= 15 is 0 Å². The van der Waals surface area contributed by atoms with Crippen molar-refractivity contribution in [2.24, 2.45) is 0 Å². The predicted molar refractivity (Wildman–Crippen MR) is 125 cm³/mol. The highest BCUT2D eigenvalue weighted by Gasteiger charge is 2.32. The molecule has 2 aromatic carbocycles. The third-order valence-electron chi connectivity index (χ3n) is 6.39. The number of rotatable bonds is 3. The van der Waals surface area contributed by atoms with Gasteiger partial charge in [-0.1, -0.05) is 6.07 Å². The summed E-state index contributed by atoms with van der Waals surface area (Å²) in [6.45, 7) is 3.97. The second-order valence-corrected chi connectivity index (χ2v) is 8.47. The number of carbonyl (C=O) groups excluding carboxylic acids is 1. The third kappa shape index (κ3) is 3.41. The van der Waals surface area contributed by atoms with Gasteiger partial charge < -0.3 is 24.8 Å². The minimum absolute atomic E-state index is 0.0823. The highest BCUT2D eigenvalue weighted by atomic mass is 16.7. The maximum atomic E-state index is 14.1. The highest BCUT2D eigenvalue weighted by molar-refractivity contribution is 6.07. The van der Waals surface area contributed by atoms with Crippen LogP contribution < -0.4 is 14.8 Å². The molecule has 4 aromatic rings. The number of pyridine rings is 1. The lowest BCUT2D eigenvalue weighted by Crippen LogP contribution is -2.48. The van der Waals surface area contributed by atoms with E-state index in [-0.39, 0.29) is 24.5 Å². The fraction of sp³-hybridized carbons (Fsp3) is 0.240. The van der Waals surface area contributed by atoms with E-state index in [1.807, 2.05) is 36.1 Å². The van der Waals surface area contributed by atoms with E-state index in [1.165, 1.54) is 0 Å². The number of phenolic OH excluding ortho intramolecular Hbond substituents is 1. The maximum absolute atomic E-state index is 14.1. The molecular formula is C25H23N5O4. The first-order valence-corrected chi connectivity index (χ1v) is 11.1. The summed E-state index contributed by atoms with van der Waals surface area (Å²) in [5.41, 5.74) is 4.24. The molecule has 0 spiro atoms. The van der Waals surface area contributed by atoms with Crippen LogP contribution >= 0.6 is 0 Å². The minimum Gasteiger partial charge on any atom is -0.508 e. The number of aromatic amines is 1. The van der Waals surface area contributed by atoms with Gasteiger partial charge in [0, 0.05) is 25.2 Å². The number of nitrogens with one attached hydrogen (secondary N) is 2. The largest absolute Gasteiger partial charge is 0.508 e. The van der Waals surface area contributed by atoms with E-state index in [2.05, 4.69) is 20.5 Å². The van der Waals surface area contributed by atoms with Gasteiger partial charge in [-0.15, -0.1) is 0 Å². The second kappa shape index (κ2) is 8.03. The Morgan fingerprint density at radius 3 is 2.79 bits per heavy atom. The molecule has 0 radical (unpaired) electrons. The molecule has 34 heavy (non-hydrogen) atoms. The van der Waals surface area contributed by atoms with Crippen LogP contribution in [0.3, 0.4) is 0 Å². The summed E-state index contributed by atoms with van der Waals surface area (Å²) in [6.07, 6.45) is 0. The van der Waals surface area contributed by atoms with Crippen molar-refractivity contribution in [2.45, 2.75) is 13.0 Å². The van der Waals surface area contributed by atoms with Crippen molar-refractivity contribution < 1.29 is 19.4 Å². The van der Waals surface area contributed by atoms with Crippen molar-refractivity contribution in [1.29, 1.82) is 0 Å². The van der Waals surface area contributed by atoms with Gasteiger partial charge in [-0.05, 0) is 55.0 Å². The number of phenols is 1. The lowest BCUT2D eigenvalue weighted by molar-refractivity contribution is 0.0636. The lowest BCUT2D eigenvalue weighted by Gasteiger charge is -2.37. The Kier molecular flexibility index (Phi) is 4.84. The van der Waals surface area contributed by atoms with Crippen molar-refractivity contribution in [1.82, 2.24) is 25.4 Å². The van der Waals surface area contributed by atoms with Crippen LogP contribution in [0.1, 0.15) is 27.7 Å². The number of aromatic hydroxyl groups is 1. The number of carbonyl (C=O) groups is 1. The number of ether oxygens (including phenoxy) is 2. The Morgan fingerprint density at radius 1 is 1.12 bits per heavy atom. The van der Waals surface area contributed by atoms with Crippen LogP contribution in [-0.4, -0.2) is 57.5 Å². The fourth-order valence-corrected chi connectivity index (χ4v) is 4.65. The first kappa shape index (κ1) is 20.5. The second-order valence-electron chi connectivity index (χ2n) is 8.47. The van der Waals surface area contributed by atoms with Gasteiger partial charge in [0.1, 0.15) is 5.75 Å². The molecule has 1 unspecified atom stereocenters. The molecule has 1 saturated heterocycles. The average molecular weight is 457 g/mol. The van der Waals surface area contributed by atoms with Crippen LogP contribution in [0.2, 0.25) is 0 Å². The molecule has 9 heteroatoms. The van der Waals surface area contributed by atoms with Crippen molar-refractivity contribution in [2.75, 3.05) is 26.4 Å². The monoisotopic (exact) mass is 457 g/mol. The van der Waals surface area contributed by atoms with Gasteiger partial charge in [-0.25, -0.2) is 4.98 Å². The van der Waals surface area contributed by atoms with Crippen LogP contribution in [0, 0.1) is 6.92 Å². The summed E-state index contributed by atoms with van der Waals surface area (Å²) < 4.78 is 11.0. The third-order valence-corrected chi connectivity index (χ3v) is 6.39. The molecule has 2 aliphatic rings. The molecule has 0 saturated carbocycles. The molecule has 4 heterocycles. The number of benzene rings is 2. The normalized spacial score (nSPS) is 17.3. The number of H-pyrrole nitrogens is 1. The lowest BCUT2D eigenvalue weighted by atomic mass is 9.99. The molecule has 2 aliphatic heterocycles. The number of hydrogen-bond acceptors (Lipinski definition) is 7. The molecule has 0 bridgehead atoms. The molecule has 1 atom stereocenters. The minimum atomic E-state index is -0.164. The first-order chi connectivity index (χ1) is 16.6.